The number of hydrogen-bond donors (Lipinski definition) is 1. The predicted molar refractivity (Wildman–Crippen MR) is 101 cm³/mol. The van der Waals surface area contributed by atoms with Crippen molar-refractivity contribution in [3.05, 3.63) is 54.1 Å². The molecule has 0 saturated carbocycles. The highest BCUT2D eigenvalue weighted by molar-refractivity contribution is 8.00. The van der Waals surface area contributed by atoms with Gasteiger partial charge in [-0.1, -0.05) is 30.3 Å². The fraction of sp³-hybridized carbons (Fsp3) is 0.263. The van der Waals surface area contributed by atoms with E-state index in [4.69, 9.17) is 0 Å². The van der Waals surface area contributed by atoms with Gasteiger partial charge in [-0.2, -0.15) is 0 Å². The van der Waals surface area contributed by atoms with Gasteiger partial charge in [0.05, 0.1) is 18.8 Å². The van der Waals surface area contributed by atoms with Gasteiger partial charge in [-0.25, -0.2) is 4.79 Å². The Hall–Kier alpha value is -2.87. The van der Waals surface area contributed by atoms with E-state index in [1.807, 2.05) is 42.5 Å². The maximum absolute atomic E-state index is 12.8. The maximum Gasteiger partial charge on any atom is 0.328 e. The van der Waals surface area contributed by atoms with Crippen molar-refractivity contribution in [2.45, 2.75) is 31.0 Å². The van der Waals surface area contributed by atoms with Crippen molar-refractivity contribution in [1.29, 1.82) is 0 Å². The Morgan fingerprint density at radius 1 is 1.19 bits per heavy atom. The number of carboxylic acids is 1. The molecule has 7 nitrogen and oxygen atoms in total. The minimum atomic E-state index is -1.02. The lowest BCUT2D eigenvalue weighted by atomic mass is 10.1. The van der Waals surface area contributed by atoms with Crippen LogP contribution in [0, 0.1) is 6.92 Å². The molecule has 1 aliphatic rings. The lowest BCUT2D eigenvalue weighted by molar-refractivity contribution is -0.151. The van der Waals surface area contributed by atoms with Crippen LogP contribution in [-0.2, 0) is 22.7 Å². The Balaban J connectivity index is 1.50. The van der Waals surface area contributed by atoms with Crippen LogP contribution in [0.5, 0.6) is 0 Å². The Bertz CT molecular complexity index is 1030. The third-order valence-corrected chi connectivity index (χ3v) is 5.72. The molecule has 1 N–H and O–H groups in total. The van der Waals surface area contributed by atoms with E-state index in [0.717, 1.165) is 15.7 Å². The Morgan fingerprint density at radius 2 is 1.96 bits per heavy atom. The van der Waals surface area contributed by atoms with E-state index in [1.54, 1.807) is 11.5 Å². The van der Waals surface area contributed by atoms with Crippen LogP contribution >= 0.6 is 11.8 Å². The summed E-state index contributed by atoms with van der Waals surface area (Å²) in [6, 6.07) is 13.2. The van der Waals surface area contributed by atoms with Crippen LogP contribution in [0.15, 0.2) is 47.4 Å². The van der Waals surface area contributed by atoms with Gasteiger partial charge in [-0.05, 0) is 29.8 Å². The van der Waals surface area contributed by atoms with Gasteiger partial charge >= 0.3 is 5.97 Å². The zero-order valence-electron chi connectivity index (χ0n) is 14.7. The molecule has 1 aliphatic heterocycles. The van der Waals surface area contributed by atoms with Crippen molar-refractivity contribution in [3.63, 3.8) is 0 Å². The summed E-state index contributed by atoms with van der Waals surface area (Å²) in [6.07, 6.45) is 0. The summed E-state index contributed by atoms with van der Waals surface area (Å²) in [4.78, 5) is 26.8. The van der Waals surface area contributed by atoms with Gasteiger partial charge in [0.1, 0.15) is 11.9 Å². The van der Waals surface area contributed by atoms with E-state index in [9.17, 15) is 14.7 Å². The molecular formula is C19H18N4O3S. The normalized spacial score (nSPS) is 16.3. The van der Waals surface area contributed by atoms with Crippen molar-refractivity contribution in [1.82, 2.24) is 19.7 Å². The molecular weight excluding hydrogens is 364 g/mol. The minimum Gasteiger partial charge on any atom is -0.480 e. The predicted octanol–water partition coefficient (Wildman–Crippen LogP) is 2.33. The number of aliphatic carboxylic acids is 1. The first-order valence-corrected chi connectivity index (χ1v) is 9.54. The Labute approximate surface area is 160 Å². The SMILES string of the molecule is Cc1nnc2n1CC(C(=O)O)N(C(=O)CSc1ccc3ccccc3c1)C2. The smallest absolute Gasteiger partial charge is 0.328 e. The molecule has 0 fully saturated rings. The Kier molecular flexibility index (Phi) is 4.57. The monoisotopic (exact) mass is 382 g/mol. The van der Waals surface area contributed by atoms with Crippen molar-refractivity contribution in [2.24, 2.45) is 0 Å². The van der Waals surface area contributed by atoms with Gasteiger partial charge in [0, 0.05) is 4.90 Å². The van der Waals surface area contributed by atoms with Crippen molar-refractivity contribution in [3.8, 4) is 0 Å². The van der Waals surface area contributed by atoms with Crippen LogP contribution in [-0.4, -0.2) is 48.4 Å². The highest BCUT2D eigenvalue weighted by Gasteiger charge is 2.36. The maximum atomic E-state index is 12.8. The first-order valence-electron chi connectivity index (χ1n) is 8.55. The van der Waals surface area contributed by atoms with E-state index in [-0.39, 0.29) is 24.7 Å². The van der Waals surface area contributed by atoms with Crippen LogP contribution < -0.4 is 0 Å². The molecule has 0 saturated heterocycles. The van der Waals surface area contributed by atoms with E-state index in [0.29, 0.717) is 11.6 Å². The molecule has 2 heterocycles. The summed E-state index contributed by atoms with van der Waals surface area (Å²) >= 11 is 1.41. The molecule has 3 aromatic rings. The summed E-state index contributed by atoms with van der Waals surface area (Å²) in [5.41, 5.74) is 0. The molecule has 0 spiro atoms. The molecule has 4 rings (SSSR count). The molecule has 1 atom stereocenters. The first-order chi connectivity index (χ1) is 13.0. The number of hydrogen-bond acceptors (Lipinski definition) is 5. The second-order valence-corrected chi connectivity index (χ2v) is 7.50. The first kappa shape index (κ1) is 17.5. The number of aromatic nitrogens is 3. The summed E-state index contributed by atoms with van der Waals surface area (Å²) < 4.78 is 1.76. The van der Waals surface area contributed by atoms with E-state index in [2.05, 4.69) is 10.2 Å². The standard InChI is InChI=1S/C19H18N4O3S/c1-12-20-21-17-10-23(16(19(25)26)9-22(12)17)18(24)11-27-15-7-6-13-4-2-3-5-14(13)8-15/h2-8,16H,9-11H2,1H3,(H,25,26). The van der Waals surface area contributed by atoms with E-state index in [1.165, 1.54) is 16.7 Å². The number of fused-ring (bicyclic) bond motifs is 2. The number of carboxylic acid groups (broad SMARTS) is 1. The molecule has 0 bridgehead atoms. The quantitative estimate of drug-likeness (QED) is 0.697. The number of thioether (sulfide) groups is 1. The van der Waals surface area contributed by atoms with Gasteiger partial charge in [0.15, 0.2) is 5.82 Å². The fourth-order valence-electron chi connectivity index (χ4n) is 3.27. The number of amides is 1. The van der Waals surface area contributed by atoms with Gasteiger partial charge in [-0.15, -0.1) is 22.0 Å². The molecule has 27 heavy (non-hydrogen) atoms. The molecule has 2 aromatic carbocycles. The second kappa shape index (κ2) is 7.03. The third kappa shape index (κ3) is 3.40. The molecule has 0 radical (unpaired) electrons. The second-order valence-electron chi connectivity index (χ2n) is 6.45. The highest BCUT2D eigenvalue weighted by Crippen LogP contribution is 2.25. The zero-order valence-corrected chi connectivity index (χ0v) is 15.5. The molecule has 1 unspecified atom stereocenters. The van der Waals surface area contributed by atoms with Crippen LogP contribution in [0.2, 0.25) is 0 Å². The molecule has 0 aliphatic carbocycles. The van der Waals surface area contributed by atoms with Crippen molar-refractivity contribution < 1.29 is 14.7 Å². The highest BCUT2D eigenvalue weighted by atomic mass is 32.2. The molecule has 1 amide bonds. The van der Waals surface area contributed by atoms with Gasteiger partial charge < -0.3 is 14.6 Å². The number of rotatable bonds is 4. The lowest BCUT2D eigenvalue weighted by Crippen LogP contribution is -2.51. The van der Waals surface area contributed by atoms with Gasteiger partial charge in [0.2, 0.25) is 5.91 Å². The van der Waals surface area contributed by atoms with E-state index < -0.39 is 12.0 Å². The topological polar surface area (TPSA) is 88.3 Å². The van der Waals surface area contributed by atoms with Crippen molar-refractivity contribution >= 4 is 34.4 Å². The van der Waals surface area contributed by atoms with Crippen LogP contribution in [0.3, 0.4) is 0 Å². The number of aryl methyl sites for hydroxylation is 1. The van der Waals surface area contributed by atoms with E-state index >= 15 is 0 Å². The summed E-state index contributed by atoms with van der Waals surface area (Å²) in [5, 5.41) is 19.9. The number of nitrogens with zero attached hydrogens (tertiary/aromatic N) is 4. The number of benzene rings is 2. The van der Waals surface area contributed by atoms with Gasteiger partial charge in [-0.3, -0.25) is 4.79 Å². The van der Waals surface area contributed by atoms with Crippen LogP contribution in [0.1, 0.15) is 11.6 Å². The average Bonchev–Trinajstić information content (AvgIpc) is 3.05. The number of carbonyl (C=O) groups excluding carboxylic acids is 1. The zero-order chi connectivity index (χ0) is 19.0. The average molecular weight is 382 g/mol. The molecule has 8 heteroatoms. The largest absolute Gasteiger partial charge is 0.480 e. The summed E-state index contributed by atoms with van der Waals surface area (Å²) in [6.45, 7) is 2.12. The lowest BCUT2D eigenvalue weighted by Gasteiger charge is -2.33. The minimum absolute atomic E-state index is 0.162. The van der Waals surface area contributed by atoms with Crippen LogP contribution in [0.25, 0.3) is 10.8 Å². The Morgan fingerprint density at radius 3 is 2.74 bits per heavy atom. The van der Waals surface area contributed by atoms with Crippen molar-refractivity contribution in [2.75, 3.05) is 5.75 Å². The molecule has 1 aromatic heterocycles. The number of carbonyl (C=O) groups is 2. The fourth-order valence-corrected chi connectivity index (χ4v) is 4.10. The summed E-state index contributed by atoms with van der Waals surface area (Å²) in [5.74, 6) is 0.225. The van der Waals surface area contributed by atoms with Gasteiger partial charge in [0.25, 0.3) is 0 Å². The van der Waals surface area contributed by atoms with Crippen LogP contribution in [0.4, 0.5) is 0 Å². The summed E-state index contributed by atoms with van der Waals surface area (Å²) in [7, 11) is 0. The molecule has 138 valence electrons. The third-order valence-electron chi connectivity index (χ3n) is 4.74.